The Balaban J connectivity index is 2.62. The molecular weight excluding hydrogens is 276 g/mol. The van der Waals surface area contributed by atoms with E-state index in [9.17, 15) is 9.59 Å². The van der Waals surface area contributed by atoms with E-state index < -0.39 is 6.04 Å². The topological polar surface area (TPSA) is 58.2 Å². The normalized spacial score (nSPS) is 12.7. The third-order valence-electron chi connectivity index (χ3n) is 2.61. The monoisotopic (exact) mass is 296 g/mol. The fourth-order valence-corrected chi connectivity index (χ4v) is 1.75. The molecule has 5 heteroatoms. The van der Waals surface area contributed by atoms with E-state index in [1.54, 1.807) is 31.2 Å². The van der Waals surface area contributed by atoms with Crippen LogP contribution >= 0.6 is 11.6 Å². The average molecular weight is 297 g/mol. The van der Waals surface area contributed by atoms with Crippen molar-refractivity contribution in [2.75, 3.05) is 0 Å². The van der Waals surface area contributed by atoms with Crippen molar-refractivity contribution in [1.29, 1.82) is 0 Å². The van der Waals surface area contributed by atoms with Gasteiger partial charge in [-0.15, -0.1) is 11.6 Å². The number of nitrogens with one attached hydrogen (secondary N) is 2. The molecule has 110 valence electrons. The molecule has 0 aliphatic carbocycles. The molecule has 0 bridgehead atoms. The van der Waals surface area contributed by atoms with Gasteiger partial charge >= 0.3 is 0 Å². The summed E-state index contributed by atoms with van der Waals surface area (Å²) in [4.78, 5) is 23.9. The quantitative estimate of drug-likeness (QED) is 0.839. The summed E-state index contributed by atoms with van der Waals surface area (Å²) < 4.78 is 0. The Hall–Kier alpha value is -1.55. The van der Waals surface area contributed by atoms with E-state index in [1.165, 1.54) is 0 Å². The molecular formula is C15H21ClN2O2. The van der Waals surface area contributed by atoms with Crippen LogP contribution in [0.1, 0.15) is 43.6 Å². The second kappa shape index (κ2) is 6.75. The SMILES string of the molecule is CC(NC(=O)c1ccc(CCl)cc1)C(=O)NC(C)(C)C. The number of rotatable bonds is 4. The minimum absolute atomic E-state index is 0.205. The highest BCUT2D eigenvalue weighted by Gasteiger charge is 2.21. The molecule has 4 nitrogen and oxygen atoms in total. The van der Waals surface area contributed by atoms with Gasteiger partial charge in [0.2, 0.25) is 5.91 Å². The van der Waals surface area contributed by atoms with Gasteiger partial charge in [0.25, 0.3) is 5.91 Å². The Morgan fingerprint density at radius 2 is 1.75 bits per heavy atom. The molecule has 0 aliphatic rings. The minimum atomic E-state index is -0.588. The second-order valence-corrected chi connectivity index (χ2v) is 6.03. The number of amides is 2. The van der Waals surface area contributed by atoms with Crippen LogP contribution in [-0.2, 0) is 10.7 Å². The van der Waals surface area contributed by atoms with E-state index in [0.29, 0.717) is 11.4 Å². The molecule has 1 rings (SSSR count). The molecule has 0 aromatic heterocycles. The molecule has 2 N–H and O–H groups in total. The lowest BCUT2D eigenvalue weighted by molar-refractivity contribution is -0.124. The van der Waals surface area contributed by atoms with Crippen LogP contribution in [0.25, 0.3) is 0 Å². The summed E-state index contributed by atoms with van der Waals surface area (Å²) in [6.45, 7) is 7.34. The summed E-state index contributed by atoms with van der Waals surface area (Å²) in [5.74, 6) is -0.0716. The lowest BCUT2D eigenvalue weighted by Gasteiger charge is -2.23. The molecule has 1 aromatic carbocycles. The molecule has 20 heavy (non-hydrogen) atoms. The van der Waals surface area contributed by atoms with Crippen LogP contribution < -0.4 is 10.6 Å². The van der Waals surface area contributed by atoms with E-state index >= 15 is 0 Å². The van der Waals surface area contributed by atoms with Gasteiger partial charge in [0, 0.05) is 17.0 Å². The number of alkyl halides is 1. The van der Waals surface area contributed by atoms with Crippen molar-refractivity contribution in [1.82, 2.24) is 10.6 Å². The maximum atomic E-state index is 12.0. The lowest BCUT2D eigenvalue weighted by atomic mass is 10.1. The molecule has 0 heterocycles. The Labute approximate surface area is 124 Å². The van der Waals surface area contributed by atoms with Crippen LogP contribution in [0, 0.1) is 0 Å². The zero-order valence-electron chi connectivity index (χ0n) is 12.3. The van der Waals surface area contributed by atoms with Crippen molar-refractivity contribution < 1.29 is 9.59 Å². The molecule has 1 unspecified atom stereocenters. The number of hydrogen-bond donors (Lipinski definition) is 2. The fraction of sp³-hybridized carbons (Fsp3) is 0.467. The van der Waals surface area contributed by atoms with Crippen molar-refractivity contribution in [2.45, 2.75) is 45.2 Å². The Morgan fingerprint density at radius 3 is 2.20 bits per heavy atom. The summed E-state index contributed by atoms with van der Waals surface area (Å²) in [5.41, 5.74) is 1.13. The first-order chi connectivity index (χ1) is 9.23. The molecule has 0 saturated carbocycles. The van der Waals surface area contributed by atoms with Crippen LogP contribution in [0.5, 0.6) is 0 Å². The van der Waals surface area contributed by atoms with E-state index in [0.717, 1.165) is 5.56 Å². The molecule has 1 aromatic rings. The van der Waals surface area contributed by atoms with Crippen molar-refractivity contribution in [3.63, 3.8) is 0 Å². The highest BCUT2D eigenvalue weighted by atomic mass is 35.5. The number of carbonyl (C=O) groups is 2. The summed E-state index contributed by atoms with van der Waals surface area (Å²) >= 11 is 5.69. The van der Waals surface area contributed by atoms with Crippen molar-refractivity contribution in [3.8, 4) is 0 Å². The van der Waals surface area contributed by atoms with Crippen LogP contribution in [0.3, 0.4) is 0 Å². The Bertz CT molecular complexity index is 478. The molecule has 0 saturated heterocycles. The average Bonchev–Trinajstić information content (AvgIpc) is 2.36. The highest BCUT2D eigenvalue weighted by molar-refractivity contribution is 6.17. The highest BCUT2D eigenvalue weighted by Crippen LogP contribution is 2.07. The standard InChI is InChI=1S/C15H21ClN2O2/c1-10(13(19)18-15(2,3)4)17-14(20)12-7-5-11(9-16)6-8-12/h5-8,10H,9H2,1-4H3,(H,17,20)(H,18,19). The van der Waals surface area contributed by atoms with Gasteiger partial charge in [-0.05, 0) is 45.4 Å². The van der Waals surface area contributed by atoms with E-state index in [1.807, 2.05) is 20.8 Å². The van der Waals surface area contributed by atoms with Gasteiger partial charge in [-0.1, -0.05) is 12.1 Å². The fourth-order valence-electron chi connectivity index (χ4n) is 1.57. The second-order valence-electron chi connectivity index (χ2n) is 5.76. The molecule has 2 amide bonds. The number of carbonyl (C=O) groups excluding carboxylic acids is 2. The van der Waals surface area contributed by atoms with Crippen molar-refractivity contribution >= 4 is 23.4 Å². The predicted molar refractivity (Wildman–Crippen MR) is 80.8 cm³/mol. The van der Waals surface area contributed by atoms with Crippen LogP contribution in [0.4, 0.5) is 0 Å². The molecule has 0 aliphatic heterocycles. The zero-order valence-corrected chi connectivity index (χ0v) is 13.0. The number of hydrogen-bond acceptors (Lipinski definition) is 2. The summed E-state index contributed by atoms with van der Waals surface area (Å²) in [6, 6.07) is 6.39. The first-order valence-electron chi connectivity index (χ1n) is 6.51. The zero-order chi connectivity index (χ0) is 15.3. The third kappa shape index (κ3) is 5.21. The van der Waals surface area contributed by atoms with Crippen LogP contribution in [0.2, 0.25) is 0 Å². The van der Waals surface area contributed by atoms with Crippen LogP contribution in [-0.4, -0.2) is 23.4 Å². The summed E-state index contributed by atoms with van der Waals surface area (Å²) in [7, 11) is 0. The molecule has 0 radical (unpaired) electrons. The van der Waals surface area contributed by atoms with Crippen molar-refractivity contribution in [2.24, 2.45) is 0 Å². The van der Waals surface area contributed by atoms with E-state index in [-0.39, 0.29) is 17.4 Å². The van der Waals surface area contributed by atoms with Gasteiger partial charge in [0.05, 0.1) is 0 Å². The molecule has 0 fully saturated rings. The molecule has 0 spiro atoms. The van der Waals surface area contributed by atoms with Gasteiger partial charge < -0.3 is 10.6 Å². The largest absolute Gasteiger partial charge is 0.350 e. The first kappa shape index (κ1) is 16.5. The third-order valence-corrected chi connectivity index (χ3v) is 2.92. The van der Waals surface area contributed by atoms with Gasteiger partial charge in [0.1, 0.15) is 6.04 Å². The predicted octanol–water partition coefficient (Wildman–Crippen LogP) is 2.46. The molecule has 1 atom stereocenters. The Kier molecular flexibility index (Phi) is 5.57. The number of halogens is 1. The van der Waals surface area contributed by atoms with Crippen LogP contribution in [0.15, 0.2) is 24.3 Å². The van der Waals surface area contributed by atoms with Gasteiger partial charge in [-0.3, -0.25) is 9.59 Å². The maximum Gasteiger partial charge on any atom is 0.251 e. The Morgan fingerprint density at radius 1 is 1.20 bits per heavy atom. The minimum Gasteiger partial charge on any atom is -0.350 e. The first-order valence-corrected chi connectivity index (χ1v) is 7.04. The van der Waals surface area contributed by atoms with Gasteiger partial charge in [-0.2, -0.15) is 0 Å². The maximum absolute atomic E-state index is 12.0. The van der Waals surface area contributed by atoms with Crippen molar-refractivity contribution in [3.05, 3.63) is 35.4 Å². The number of benzene rings is 1. The summed E-state index contributed by atoms with van der Waals surface area (Å²) in [5, 5.41) is 5.49. The smallest absolute Gasteiger partial charge is 0.251 e. The van der Waals surface area contributed by atoms with E-state index in [2.05, 4.69) is 10.6 Å². The van der Waals surface area contributed by atoms with Gasteiger partial charge in [-0.25, -0.2) is 0 Å². The summed E-state index contributed by atoms with van der Waals surface area (Å²) in [6.07, 6.45) is 0. The van der Waals surface area contributed by atoms with Gasteiger partial charge in [0.15, 0.2) is 0 Å². The lowest BCUT2D eigenvalue weighted by Crippen LogP contribution is -2.50. The van der Waals surface area contributed by atoms with E-state index in [4.69, 9.17) is 11.6 Å².